The molecule has 1 aliphatic rings. The number of thiocarbonyl (C=S) groups is 1. The van der Waals surface area contributed by atoms with Gasteiger partial charge in [-0.2, -0.15) is 0 Å². The van der Waals surface area contributed by atoms with Crippen LogP contribution in [0.25, 0.3) is 6.08 Å². The normalized spacial score (nSPS) is 14.7. The molecule has 2 aromatic carbocycles. The van der Waals surface area contributed by atoms with E-state index < -0.39 is 5.97 Å². The summed E-state index contributed by atoms with van der Waals surface area (Å²) in [4.78, 5) is 26.3. The summed E-state index contributed by atoms with van der Waals surface area (Å²) in [5.41, 5.74) is 1.15. The number of hydrogen-bond donors (Lipinski definition) is 0. The van der Waals surface area contributed by atoms with Crippen molar-refractivity contribution >= 4 is 63.5 Å². The number of nitrogens with zero attached hydrogens (tertiary/aromatic N) is 1. The van der Waals surface area contributed by atoms with Crippen LogP contribution in [-0.2, 0) is 9.59 Å². The number of benzene rings is 2. The molecule has 31 heavy (non-hydrogen) atoms. The molecular weight excluding hydrogens is 462 g/mol. The number of amides is 1. The van der Waals surface area contributed by atoms with Crippen molar-refractivity contribution in [2.24, 2.45) is 0 Å². The molecule has 0 aliphatic carbocycles. The maximum absolute atomic E-state index is 13.1. The predicted molar refractivity (Wildman–Crippen MR) is 125 cm³/mol. The zero-order chi connectivity index (χ0) is 22.7. The maximum Gasteiger partial charge on any atom is 0.308 e. The van der Waals surface area contributed by atoms with Gasteiger partial charge in [-0.1, -0.05) is 35.6 Å². The van der Waals surface area contributed by atoms with Crippen molar-refractivity contribution in [2.75, 3.05) is 26.2 Å². The molecule has 1 aliphatic heterocycles. The molecule has 0 unspecified atom stereocenters. The van der Waals surface area contributed by atoms with Gasteiger partial charge in [-0.15, -0.1) is 0 Å². The Labute approximate surface area is 193 Å². The minimum atomic E-state index is -0.511. The highest BCUT2D eigenvalue weighted by atomic mass is 35.5. The van der Waals surface area contributed by atoms with Crippen molar-refractivity contribution < 1.29 is 28.5 Å². The third kappa shape index (κ3) is 4.79. The predicted octanol–water partition coefficient (Wildman–Crippen LogP) is 4.70. The average Bonchev–Trinajstić information content (AvgIpc) is 3.01. The van der Waals surface area contributed by atoms with E-state index in [-0.39, 0.29) is 11.7 Å². The van der Waals surface area contributed by atoms with E-state index in [9.17, 15) is 9.59 Å². The minimum absolute atomic E-state index is 0.162. The molecule has 7 nitrogen and oxygen atoms in total. The topological polar surface area (TPSA) is 74.3 Å². The minimum Gasteiger partial charge on any atom is -0.495 e. The molecule has 162 valence electrons. The lowest BCUT2D eigenvalue weighted by atomic mass is 10.1. The molecule has 1 amide bonds. The molecule has 1 heterocycles. The van der Waals surface area contributed by atoms with Crippen LogP contribution < -0.4 is 23.8 Å². The number of ether oxygens (including phenoxy) is 4. The van der Waals surface area contributed by atoms with Gasteiger partial charge < -0.3 is 18.9 Å². The standard InChI is InChI=1S/C21H18ClNO6S2/c1-11(24)29-19-16(27-3)7-12(8-17(19)28-4)9-18-20(25)23(21(30)31-18)13-5-6-15(26-2)14(22)10-13/h5-10H,1-4H3/b18-9-. The number of rotatable bonds is 6. The molecule has 2 aromatic rings. The number of esters is 1. The molecule has 0 aromatic heterocycles. The van der Waals surface area contributed by atoms with Gasteiger partial charge in [-0.25, -0.2) is 0 Å². The van der Waals surface area contributed by atoms with Gasteiger partial charge in [-0.3, -0.25) is 14.5 Å². The molecule has 0 spiro atoms. The Hall–Kier alpha value is -2.75. The van der Waals surface area contributed by atoms with Crippen LogP contribution >= 0.6 is 35.6 Å². The number of methoxy groups -OCH3 is 3. The molecule has 1 saturated heterocycles. The van der Waals surface area contributed by atoms with Crippen LogP contribution in [0.1, 0.15) is 12.5 Å². The molecular formula is C21H18ClNO6S2. The number of thioether (sulfide) groups is 1. The van der Waals surface area contributed by atoms with E-state index in [1.54, 1.807) is 36.4 Å². The van der Waals surface area contributed by atoms with Crippen LogP contribution in [0, 0.1) is 0 Å². The van der Waals surface area contributed by atoms with Gasteiger partial charge in [0.05, 0.1) is 36.9 Å². The molecule has 0 bridgehead atoms. The van der Waals surface area contributed by atoms with Crippen LogP contribution in [0.4, 0.5) is 5.69 Å². The molecule has 0 saturated carbocycles. The van der Waals surface area contributed by atoms with Crippen LogP contribution in [0.2, 0.25) is 5.02 Å². The second-order valence-electron chi connectivity index (χ2n) is 6.18. The fourth-order valence-electron chi connectivity index (χ4n) is 2.86. The van der Waals surface area contributed by atoms with Crippen molar-refractivity contribution in [3.63, 3.8) is 0 Å². The largest absolute Gasteiger partial charge is 0.495 e. The second kappa shape index (κ2) is 9.59. The van der Waals surface area contributed by atoms with E-state index in [0.717, 1.165) is 11.8 Å². The number of hydrogen-bond acceptors (Lipinski definition) is 8. The van der Waals surface area contributed by atoms with Crippen molar-refractivity contribution in [2.45, 2.75) is 6.92 Å². The van der Waals surface area contributed by atoms with Gasteiger partial charge >= 0.3 is 5.97 Å². The third-order valence-electron chi connectivity index (χ3n) is 4.21. The lowest BCUT2D eigenvalue weighted by Crippen LogP contribution is -2.27. The van der Waals surface area contributed by atoms with Gasteiger partial charge in [0.1, 0.15) is 5.75 Å². The van der Waals surface area contributed by atoms with E-state index in [1.807, 2.05) is 0 Å². The summed E-state index contributed by atoms with van der Waals surface area (Å²) in [5.74, 6) is 0.437. The van der Waals surface area contributed by atoms with Crippen molar-refractivity contribution in [3.8, 4) is 23.0 Å². The van der Waals surface area contributed by atoms with Gasteiger partial charge in [0, 0.05) is 6.92 Å². The molecule has 0 radical (unpaired) electrons. The van der Waals surface area contributed by atoms with E-state index in [2.05, 4.69) is 0 Å². The maximum atomic E-state index is 13.1. The van der Waals surface area contributed by atoms with Gasteiger partial charge in [0.15, 0.2) is 15.8 Å². The summed E-state index contributed by atoms with van der Waals surface area (Å²) in [7, 11) is 4.40. The van der Waals surface area contributed by atoms with Crippen molar-refractivity contribution in [1.29, 1.82) is 0 Å². The van der Waals surface area contributed by atoms with E-state index >= 15 is 0 Å². The van der Waals surface area contributed by atoms with Gasteiger partial charge in [0.2, 0.25) is 5.75 Å². The van der Waals surface area contributed by atoms with Crippen LogP contribution in [0.3, 0.4) is 0 Å². The zero-order valence-electron chi connectivity index (χ0n) is 17.1. The number of carbonyl (C=O) groups is 2. The Morgan fingerprint density at radius 2 is 1.68 bits per heavy atom. The summed E-state index contributed by atoms with van der Waals surface area (Å²) in [6.45, 7) is 1.28. The Kier molecular flexibility index (Phi) is 7.09. The highest BCUT2D eigenvalue weighted by Gasteiger charge is 2.33. The fourth-order valence-corrected chi connectivity index (χ4v) is 4.41. The van der Waals surface area contributed by atoms with Crippen LogP contribution in [0.5, 0.6) is 23.0 Å². The third-order valence-corrected chi connectivity index (χ3v) is 5.81. The van der Waals surface area contributed by atoms with E-state index in [1.165, 1.54) is 33.2 Å². The molecule has 10 heteroatoms. The van der Waals surface area contributed by atoms with E-state index in [4.69, 9.17) is 42.8 Å². The summed E-state index contributed by atoms with van der Waals surface area (Å²) >= 11 is 12.8. The Morgan fingerprint density at radius 1 is 1.06 bits per heavy atom. The Bertz CT molecular complexity index is 1080. The van der Waals surface area contributed by atoms with Crippen molar-refractivity contribution in [3.05, 3.63) is 45.8 Å². The van der Waals surface area contributed by atoms with Gasteiger partial charge in [-0.05, 0) is 42.0 Å². The quantitative estimate of drug-likeness (QED) is 0.255. The highest BCUT2D eigenvalue weighted by molar-refractivity contribution is 8.27. The van der Waals surface area contributed by atoms with Crippen LogP contribution in [0.15, 0.2) is 35.2 Å². The Balaban J connectivity index is 1.97. The molecule has 3 rings (SSSR count). The molecule has 1 fully saturated rings. The smallest absolute Gasteiger partial charge is 0.308 e. The number of anilines is 1. The first kappa shape index (κ1) is 22.9. The van der Waals surface area contributed by atoms with E-state index in [0.29, 0.717) is 42.7 Å². The second-order valence-corrected chi connectivity index (χ2v) is 8.27. The fraction of sp³-hybridized carbons (Fsp3) is 0.190. The highest BCUT2D eigenvalue weighted by Crippen LogP contribution is 2.42. The first-order valence-electron chi connectivity index (χ1n) is 8.85. The Morgan fingerprint density at radius 3 is 2.19 bits per heavy atom. The first-order chi connectivity index (χ1) is 14.8. The van der Waals surface area contributed by atoms with Crippen molar-refractivity contribution in [1.82, 2.24) is 0 Å². The summed E-state index contributed by atoms with van der Waals surface area (Å²) in [5, 5.41) is 0.369. The average molecular weight is 480 g/mol. The van der Waals surface area contributed by atoms with Crippen LogP contribution in [-0.4, -0.2) is 37.5 Å². The molecule has 0 atom stereocenters. The lowest BCUT2D eigenvalue weighted by Gasteiger charge is -2.16. The number of halogens is 1. The van der Waals surface area contributed by atoms with Gasteiger partial charge in [0.25, 0.3) is 5.91 Å². The zero-order valence-corrected chi connectivity index (χ0v) is 19.4. The molecule has 0 N–H and O–H groups in total. The summed E-state index contributed by atoms with van der Waals surface area (Å²) in [6.07, 6.45) is 1.66. The SMILES string of the molecule is COc1ccc(N2C(=O)/C(=C/c3cc(OC)c(OC(C)=O)c(OC)c3)SC2=S)cc1Cl. The number of carbonyl (C=O) groups excluding carboxylic acids is 2. The monoisotopic (exact) mass is 479 g/mol. The summed E-state index contributed by atoms with van der Waals surface area (Å²) in [6, 6.07) is 8.27. The summed E-state index contributed by atoms with van der Waals surface area (Å²) < 4.78 is 21.4. The first-order valence-corrected chi connectivity index (χ1v) is 10.4. The lowest BCUT2D eigenvalue weighted by molar-refractivity contribution is -0.132.